The first-order valence-electron chi connectivity index (χ1n) is 11.7. The Kier molecular flexibility index (Phi) is 3.98. The Bertz CT molecular complexity index is 803. The number of ketones is 2. The molecule has 0 aromatic heterocycles. The molecular formula is C26H36O2. The molecule has 28 heavy (non-hydrogen) atoms. The van der Waals surface area contributed by atoms with Crippen molar-refractivity contribution >= 4 is 11.6 Å². The molecular weight excluding hydrogens is 344 g/mol. The summed E-state index contributed by atoms with van der Waals surface area (Å²) >= 11 is 0. The number of carbonyl (C=O) groups is 2. The molecule has 0 aromatic carbocycles. The van der Waals surface area contributed by atoms with Crippen LogP contribution < -0.4 is 0 Å². The molecule has 0 N–H and O–H groups in total. The lowest BCUT2D eigenvalue weighted by molar-refractivity contribution is -0.145. The van der Waals surface area contributed by atoms with Crippen LogP contribution in [-0.4, -0.2) is 11.6 Å². The van der Waals surface area contributed by atoms with Gasteiger partial charge in [0.2, 0.25) is 0 Å². The van der Waals surface area contributed by atoms with Gasteiger partial charge < -0.3 is 0 Å². The lowest BCUT2D eigenvalue weighted by atomic mass is 9.44. The van der Waals surface area contributed by atoms with E-state index in [9.17, 15) is 9.59 Å². The van der Waals surface area contributed by atoms with Crippen LogP contribution in [0.3, 0.4) is 0 Å². The van der Waals surface area contributed by atoms with Crippen LogP contribution in [0.25, 0.3) is 0 Å². The van der Waals surface area contributed by atoms with Crippen molar-refractivity contribution in [3.63, 3.8) is 0 Å². The Labute approximate surface area is 170 Å². The normalized spacial score (nSPS) is 49.9. The number of Topliss-reactive ketones (excluding diaryl/α,β-unsaturated/α-hetero) is 1. The van der Waals surface area contributed by atoms with Gasteiger partial charge in [-0.3, -0.25) is 9.59 Å². The molecule has 0 unspecified atom stereocenters. The SMILES string of the molecule is CC(=O)[C@]12CCCC[C@H]1C[C@H]1[C@@H]3C=C(C)C4=CC(=O)CC[C@]4(C)[C@@H]3CC[C@@]12C. The highest BCUT2D eigenvalue weighted by atomic mass is 16.1. The van der Waals surface area contributed by atoms with Gasteiger partial charge in [-0.05, 0) is 98.5 Å². The monoisotopic (exact) mass is 380 g/mol. The minimum atomic E-state index is -0.0673. The number of carbonyl (C=O) groups excluding carboxylic acids is 2. The molecule has 0 aromatic rings. The van der Waals surface area contributed by atoms with Crippen LogP contribution in [0.15, 0.2) is 23.3 Å². The maximum atomic E-state index is 13.2. The topological polar surface area (TPSA) is 34.1 Å². The van der Waals surface area contributed by atoms with Crippen LogP contribution in [0.1, 0.15) is 85.5 Å². The highest BCUT2D eigenvalue weighted by Crippen LogP contribution is 2.73. The standard InChI is InChI=1S/C26H36O2/c1-16-13-20-21(24(3)11-8-19(28)15-22(16)24)9-12-25(4)23(20)14-18-7-5-6-10-26(18,25)17(2)27/h13,15,18,20-21,23H,5-12,14H2,1-4H3/t18-,20+,21+,23-,24+,25-,26+/m0/s1. The fourth-order valence-electron chi connectivity index (χ4n) is 9.22. The van der Waals surface area contributed by atoms with E-state index >= 15 is 0 Å². The van der Waals surface area contributed by atoms with Gasteiger partial charge in [-0.25, -0.2) is 0 Å². The second kappa shape index (κ2) is 5.92. The Balaban J connectivity index is 1.62. The predicted molar refractivity (Wildman–Crippen MR) is 112 cm³/mol. The lowest BCUT2D eigenvalue weighted by Gasteiger charge is -2.59. The summed E-state index contributed by atoms with van der Waals surface area (Å²) in [6.07, 6.45) is 14.8. The molecule has 3 saturated carbocycles. The van der Waals surface area contributed by atoms with E-state index in [4.69, 9.17) is 0 Å². The average Bonchev–Trinajstić information content (AvgIpc) is 2.94. The zero-order chi connectivity index (χ0) is 19.9. The van der Waals surface area contributed by atoms with Crippen LogP contribution in [0.4, 0.5) is 0 Å². The molecule has 0 saturated heterocycles. The molecule has 7 atom stereocenters. The van der Waals surface area contributed by atoms with Crippen LogP contribution in [0.5, 0.6) is 0 Å². The zero-order valence-electron chi connectivity index (χ0n) is 18.1. The van der Waals surface area contributed by atoms with Gasteiger partial charge in [0.05, 0.1) is 0 Å². The number of hydrogen-bond acceptors (Lipinski definition) is 2. The maximum absolute atomic E-state index is 13.2. The molecule has 0 radical (unpaired) electrons. The molecule has 0 aliphatic heterocycles. The third-order valence-electron chi connectivity index (χ3n) is 10.5. The quantitative estimate of drug-likeness (QED) is 0.554. The number of hydrogen-bond donors (Lipinski definition) is 0. The largest absolute Gasteiger partial charge is 0.299 e. The first-order valence-corrected chi connectivity index (χ1v) is 11.7. The first-order chi connectivity index (χ1) is 13.2. The molecule has 2 nitrogen and oxygen atoms in total. The highest BCUT2D eigenvalue weighted by Gasteiger charge is 2.68. The molecule has 0 amide bonds. The zero-order valence-corrected chi connectivity index (χ0v) is 18.1. The predicted octanol–water partition coefficient (Wildman–Crippen LogP) is 6.06. The summed E-state index contributed by atoms with van der Waals surface area (Å²) in [6.45, 7) is 9.05. The Hall–Kier alpha value is -1.18. The number of rotatable bonds is 1. The first kappa shape index (κ1) is 18.8. The van der Waals surface area contributed by atoms with E-state index in [2.05, 4.69) is 26.8 Å². The lowest BCUT2D eigenvalue weighted by Crippen LogP contribution is -2.54. The molecule has 2 heteroatoms. The van der Waals surface area contributed by atoms with Crippen molar-refractivity contribution in [3.8, 4) is 0 Å². The van der Waals surface area contributed by atoms with Crippen LogP contribution in [-0.2, 0) is 9.59 Å². The van der Waals surface area contributed by atoms with Gasteiger partial charge in [0.15, 0.2) is 5.78 Å². The minimum absolute atomic E-state index is 0.0673. The van der Waals surface area contributed by atoms with E-state index in [-0.39, 0.29) is 16.2 Å². The van der Waals surface area contributed by atoms with Crippen LogP contribution in [0.2, 0.25) is 0 Å². The van der Waals surface area contributed by atoms with Gasteiger partial charge in [0.25, 0.3) is 0 Å². The van der Waals surface area contributed by atoms with E-state index in [1.807, 2.05) is 13.0 Å². The molecule has 3 fully saturated rings. The Morgan fingerprint density at radius 3 is 2.61 bits per heavy atom. The third-order valence-corrected chi connectivity index (χ3v) is 10.5. The van der Waals surface area contributed by atoms with Crippen molar-refractivity contribution in [1.29, 1.82) is 0 Å². The number of allylic oxidation sites excluding steroid dienone is 4. The van der Waals surface area contributed by atoms with Crippen molar-refractivity contribution in [2.24, 2.45) is 39.9 Å². The van der Waals surface area contributed by atoms with Crippen molar-refractivity contribution in [1.82, 2.24) is 0 Å². The molecule has 0 spiro atoms. The van der Waals surface area contributed by atoms with Crippen molar-refractivity contribution in [2.45, 2.75) is 85.5 Å². The van der Waals surface area contributed by atoms with Gasteiger partial charge in [-0.15, -0.1) is 0 Å². The smallest absolute Gasteiger partial charge is 0.156 e. The van der Waals surface area contributed by atoms with Crippen molar-refractivity contribution < 1.29 is 9.59 Å². The molecule has 5 aliphatic carbocycles. The molecule has 0 heterocycles. The van der Waals surface area contributed by atoms with Gasteiger partial charge >= 0.3 is 0 Å². The van der Waals surface area contributed by atoms with E-state index in [1.165, 1.54) is 49.7 Å². The maximum Gasteiger partial charge on any atom is 0.156 e. The summed E-state index contributed by atoms with van der Waals surface area (Å²) in [5, 5.41) is 0. The molecule has 5 rings (SSSR count). The van der Waals surface area contributed by atoms with Gasteiger partial charge in [0.1, 0.15) is 5.78 Å². The summed E-state index contributed by atoms with van der Waals surface area (Å²) in [4.78, 5) is 25.3. The second-order valence-corrected chi connectivity index (χ2v) is 11.2. The number of fused-ring (bicyclic) bond motifs is 7. The van der Waals surface area contributed by atoms with Crippen LogP contribution >= 0.6 is 0 Å². The average molecular weight is 381 g/mol. The van der Waals surface area contributed by atoms with Crippen molar-refractivity contribution in [3.05, 3.63) is 23.3 Å². The van der Waals surface area contributed by atoms with Gasteiger partial charge in [-0.2, -0.15) is 0 Å². The molecule has 152 valence electrons. The minimum Gasteiger partial charge on any atom is -0.299 e. The Morgan fingerprint density at radius 1 is 1.07 bits per heavy atom. The summed E-state index contributed by atoms with van der Waals surface area (Å²) < 4.78 is 0. The fourth-order valence-corrected chi connectivity index (χ4v) is 9.22. The highest BCUT2D eigenvalue weighted by molar-refractivity contribution is 5.92. The second-order valence-electron chi connectivity index (χ2n) is 11.2. The molecule has 0 bridgehead atoms. The van der Waals surface area contributed by atoms with E-state index in [1.54, 1.807) is 0 Å². The van der Waals surface area contributed by atoms with Gasteiger partial charge in [-0.1, -0.05) is 38.3 Å². The van der Waals surface area contributed by atoms with E-state index < -0.39 is 0 Å². The summed E-state index contributed by atoms with van der Waals surface area (Å²) in [6, 6.07) is 0. The van der Waals surface area contributed by atoms with Gasteiger partial charge in [0, 0.05) is 11.8 Å². The fraction of sp³-hybridized carbons (Fsp3) is 0.769. The summed E-state index contributed by atoms with van der Waals surface area (Å²) in [5.41, 5.74) is 2.90. The van der Waals surface area contributed by atoms with E-state index in [0.29, 0.717) is 41.7 Å². The van der Waals surface area contributed by atoms with E-state index in [0.717, 1.165) is 12.8 Å². The summed E-state index contributed by atoms with van der Waals surface area (Å²) in [7, 11) is 0. The summed E-state index contributed by atoms with van der Waals surface area (Å²) in [5.74, 6) is 3.23. The molecule has 5 aliphatic rings. The van der Waals surface area contributed by atoms with Crippen molar-refractivity contribution in [2.75, 3.05) is 0 Å². The third kappa shape index (κ3) is 2.10. The van der Waals surface area contributed by atoms with Crippen LogP contribution in [0, 0.1) is 39.9 Å². The Morgan fingerprint density at radius 2 is 1.86 bits per heavy atom.